The SMILES string of the molecule is CC(CC(=O)N[C@@H](C)c1cccc(F)c1)C1CCCNC1. The van der Waals surface area contributed by atoms with Crippen LogP contribution in [0, 0.1) is 17.7 Å². The van der Waals surface area contributed by atoms with Gasteiger partial charge in [0.05, 0.1) is 6.04 Å². The second-order valence-corrected chi connectivity index (χ2v) is 6.13. The molecule has 0 aliphatic carbocycles. The molecule has 3 nitrogen and oxygen atoms in total. The third-order valence-electron chi connectivity index (χ3n) is 4.37. The molecule has 21 heavy (non-hydrogen) atoms. The predicted molar refractivity (Wildman–Crippen MR) is 82.3 cm³/mol. The molecule has 0 radical (unpaired) electrons. The third kappa shape index (κ3) is 4.81. The molecule has 1 amide bonds. The number of carbonyl (C=O) groups is 1. The molecule has 2 N–H and O–H groups in total. The van der Waals surface area contributed by atoms with E-state index in [2.05, 4.69) is 17.6 Å². The van der Waals surface area contributed by atoms with Crippen LogP contribution in [0.1, 0.15) is 44.7 Å². The topological polar surface area (TPSA) is 41.1 Å². The highest BCUT2D eigenvalue weighted by Gasteiger charge is 2.22. The molecule has 1 fully saturated rings. The number of carbonyl (C=O) groups excluding carboxylic acids is 1. The number of piperidine rings is 1. The minimum Gasteiger partial charge on any atom is -0.350 e. The van der Waals surface area contributed by atoms with E-state index in [-0.39, 0.29) is 17.8 Å². The van der Waals surface area contributed by atoms with Gasteiger partial charge in [-0.15, -0.1) is 0 Å². The van der Waals surface area contributed by atoms with E-state index in [1.165, 1.54) is 25.0 Å². The van der Waals surface area contributed by atoms with E-state index in [0.29, 0.717) is 18.3 Å². The average Bonchev–Trinajstić information content (AvgIpc) is 2.48. The lowest BCUT2D eigenvalue weighted by Crippen LogP contribution is -2.36. The Balaban J connectivity index is 1.83. The minimum absolute atomic E-state index is 0.0461. The highest BCUT2D eigenvalue weighted by molar-refractivity contribution is 5.76. The summed E-state index contributed by atoms with van der Waals surface area (Å²) < 4.78 is 13.2. The van der Waals surface area contributed by atoms with Crippen molar-refractivity contribution < 1.29 is 9.18 Å². The van der Waals surface area contributed by atoms with Gasteiger partial charge in [0, 0.05) is 6.42 Å². The van der Waals surface area contributed by atoms with Gasteiger partial charge in [-0.1, -0.05) is 19.1 Å². The van der Waals surface area contributed by atoms with Crippen LogP contribution < -0.4 is 10.6 Å². The van der Waals surface area contributed by atoms with Gasteiger partial charge >= 0.3 is 0 Å². The van der Waals surface area contributed by atoms with Crippen LogP contribution in [0.4, 0.5) is 4.39 Å². The molecule has 2 unspecified atom stereocenters. The van der Waals surface area contributed by atoms with Crippen LogP contribution in [0.15, 0.2) is 24.3 Å². The highest BCUT2D eigenvalue weighted by Crippen LogP contribution is 2.23. The van der Waals surface area contributed by atoms with E-state index in [1.54, 1.807) is 6.07 Å². The van der Waals surface area contributed by atoms with Gasteiger partial charge in [-0.3, -0.25) is 4.79 Å². The van der Waals surface area contributed by atoms with Crippen molar-refractivity contribution in [2.45, 2.75) is 39.2 Å². The molecular weight excluding hydrogens is 267 g/mol. The number of hydrogen-bond donors (Lipinski definition) is 2. The molecule has 1 heterocycles. The van der Waals surface area contributed by atoms with Crippen molar-refractivity contribution in [3.8, 4) is 0 Å². The summed E-state index contributed by atoms with van der Waals surface area (Å²) in [5.74, 6) is 0.728. The summed E-state index contributed by atoms with van der Waals surface area (Å²) in [4.78, 5) is 12.1. The number of halogens is 1. The molecule has 1 aliphatic heterocycles. The fraction of sp³-hybridized carbons (Fsp3) is 0.588. The summed E-state index contributed by atoms with van der Waals surface area (Å²) in [6.45, 7) is 6.13. The summed E-state index contributed by atoms with van der Waals surface area (Å²) in [6, 6.07) is 6.23. The Morgan fingerprint density at radius 3 is 2.95 bits per heavy atom. The van der Waals surface area contributed by atoms with E-state index in [4.69, 9.17) is 0 Å². The van der Waals surface area contributed by atoms with Crippen LogP contribution in [0.25, 0.3) is 0 Å². The first-order chi connectivity index (χ1) is 10.1. The standard InChI is InChI=1S/C17H25FN2O/c1-12(15-6-4-8-19-11-15)9-17(21)20-13(2)14-5-3-7-16(18)10-14/h3,5,7,10,12-13,15,19H,4,6,8-9,11H2,1-2H3,(H,20,21)/t12?,13-,15?/m0/s1. The molecule has 1 aromatic carbocycles. The van der Waals surface area contributed by atoms with Crippen molar-refractivity contribution in [1.82, 2.24) is 10.6 Å². The van der Waals surface area contributed by atoms with Crippen LogP contribution in [-0.4, -0.2) is 19.0 Å². The largest absolute Gasteiger partial charge is 0.350 e. The van der Waals surface area contributed by atoms with E-state index in [9.17, 15) is 9.18 Å². The zero-order valence-electron chi connectivity index (χ0n) is 12.9. The molecule has 1 aromatic rings. The summed E-state index contributed by atoms with van der Waals surface area (Å²) in [5, 5.41) is 6.36. The first-order valence-corrected chi connectivity index (χ1v) is 7.82. The molecule has 4 heteroatoms. The lowest BCUT2D eigenvalue weighted by molar-refractivity contribution is -0.123. The summed E-state index contributed by atoms with van der Waals surface area (Å²) in [7, 11) is 0. The zero-order chi connectivity index (χ0) is 15.2. The van der Waals surface area contributed by atoms with Gasteiger partial charge in [-0.2, -0.15) is 0 Å². The van der Waals surface area contributed by atoms with Crippen LogP contribution in [0.3, 0.4) is 0 Å². The lowest BCUT2D eigenvalue weighted by atomic mass is 9.85. The van der Waals surface area contributed by atoms with Gasteiger partial charge in [0.25, 0.3) is 0 Å². The molecule has 2 rings (SSSR count). The van der Waals surface area contributed by atoms with E-state index in [1.807, 2.05) is 13.0 Å². The van der Waals surface area contributed by atoms with Gasteiger partial charge in [0.2, 0.25) is 5.91 Å². The maximum Gasteiger partial charge on any atom is 0.220 e. The molecule has 0 aromatic heterocycles. The van der Waals surface area contributed by atoms with Crippen molar-refractivity contribution in [3.63, 3.8) is 0 Å². The average molecular weight is 292 g/mol. The predicted octanol–water partition coefficient (Wildman–Crippen LogP) is 3.03. The highest BCUT2D eigenvalue weighted by atomic mass is 19.1. The van der Waals surface area contributed by atoms with E-state index < -0.39 is 0 Å². The molecule has 1 saturated heterocycles. The van der Waals surface area contributed by atoms with E-state index >= 15 is 0 Å². The first-order valence-electron chi connectivity index (χ1n) is 7.82. The summed E-state index contributed by atoms with van der Waals surface area (Å²) >= 11 is 0. The number of benzene rings is 1. The Morgan fingerprint density at radius 1 is 1.48 bits per heavy atom. The number of nitrogens with one attached hydrogen (secondary N) is 2. The van der Waals surface area contributed by atoms with Gasteiger partial charge in [-0.25, -0.2) is 4.39 Å². The van der Waals surface area contributed by atoms with Gasteiger partial charge < -0.3 is 10.6 Å². The molecule has 0 saturated carbocycles. The van der Waals surface area contributed by atoms with Crippen molar-refractivity contribution in [2.75, 3.05) is 13.1 Å². The minimum atomic E-state index is -0.268. The van der Waals surface area contributed by atoms with Crippen LogP contribution in [0.2, 0.25) is 0 Å². The quantitative estimate of drug-likeness (QED) is 0.876. The molecule has 116 valence electrons. The van der Waals surface area contributed by atoms with Gasteiger partial charge in [0.1, 0.15) is 5.82 Å². The molecule has 3 atom stereocenters. The third-order valence-corrected chi connectivity index (χ3v) is 4.37. The first kappa shape index (κ1) is 16.0. The lowest BCUT2D eigenvalue weighted by Gasteiger charge is -2.28. The maximum atomic E-state index is 13.2. The van der Waals surface area contributed by atoms with Crippen molar-refractivity contribution >= 4 is 5.91 Å². The van der Waals surface area contributed by atoms with Crippen molar-refractivity contribution in [1.29, 1.82) is 0 Å². The molecule has 0 bridgehead atoms. The Morgan fingerprint density at radius 2 is 2.29 bits per heavy atom. The monoisotopic (exact) mass is 292 g/mol. The van der Waals surface area contributed by atoms with Crippen LogP contribution in [0.5, 0.6) is 0 Å². The summed E-state index contributed by atoms with van der Waals surface area (Å²) in [6.07, 6.45) is 2.92. The second-order valence-electron chi connectivity index (χ2n) is 6.13. The Labute approximate surface area is 126 Å². The number of hydrogen-bond acceptors (Lipinski definition) is 2. The Hall–Kier alpha value is -1.42. The fourth-order valence-corrected chi connectivity index (χ4v) is 2.98. The number of amides is 1. The van der Waals surface area contributed by atoms with Crippen molar-refractivity contribution in [2.24, 2.45) is 11.8 Å². The van der Waals surface area contributed by atoms with Crippen LogP contribution >= 0.6 is 0 Å². The normalized spacial score (nSPS) is 21.6. The second kappa shape index (κ2) is 7.55. The Kier molecular flexibility index (Phi) is 5.74. The van der Waals surface area contributed by atoms with E-state index in [0.717, 1.165) is 18.7 Å². The smallest absolute Gasteiger partial charge is 0.220 e. The van der Waals surface area contributed by atoms with Crippen LogP contribution in [-0.2, 0) is 4.79 Å². The summed E-state index contributed by atoms with van der Waals surface area (Å²) in [5.41, 5.74) is 0.801. The number of rotatable bonds is 5. The van der Waals surface area contributed by atoms with Gasteiger partial charge in [-0.05, 0) is 62.4 Å². The Bertz CT molecular complexity index is 472. The fourth-order valence-electron chi connectivity index (χ4n) is 2.98. The zero-order valence-corrected chi connectivity index (χ0v) is 12.9. The molecule has 1 aliphatic rings. The molecular formula is C17H25FN2O. The maximum absolute atomic E-state index is 13.2. The van der Waals surface area contributed by atoms with Gasteiger partial charge in [0.15, 0.2) is 0 Å². The molecule has 0 spiro atoms. The van der Waals surface area contributed by atoms with Crippen molar-refractivity contribution in [3.05, 3.63) is 35.6 Å².